The topological polar surface area (TPSA) is 9.23 Å². The molecule has 0 aliphatic heterocycles. The number of fused-ring (bicyclic) bond motifs is 1. The van der Waals surface area contributed by atoms with Gasteiger partial charge in [-0.2, -0.15) is 0 Å². The number of rotatable bonds is 2. The van der Waals surface area contributed by atoms with Crippen molar-refractivity contribution >= 4 is 0 Å². The minimum absolute atomic E-state index is 0.0599. The van der Waals surface area contributed by atoms with Gasteiger partial charge in [0.1, 0.15) is 5.82 Å². The number of allylic oxidation sites excluding steroid dienone is 2. The molecule has 1 unspecified atom stereocenters. The molecule has 0 radical (unpaired) electrons. The van der Waals surface area contributed by atoms with Gasteiger partial charge < -0.3 is 4.74 Å². The Morgan fingerprint density at radius 3 is 2.38 bits per heavy atom. The second-order valence-corrected chi connectivity index (χ2v) is 6.66. The van der Waals surface area contributed by atoms with Crippen LogP contribution in [0.2, 0.25) is 0 Å². The lowest BCUT2D eigenvalue weighted by Gasteiger charge is -2.23. The second-order valence-electron chi connectivity index (χ2n) is 6.66. The Morgan fingerprint density at radius 2 is 1.76 bits per heavy atom. The van der Waals surface area contributed by atoms with Crippen molar-refractivity contribution in [2.45, 2.75) is 32.5 Å². The molecule has 0 fully saturated rings. The minimum atomic E-state index is -5.23. The zero-order valence-corrected chi connectivity index (χ0v) is 15.3. The summed E-state index contributed by atoms with van der Waals surface area (Å²) >= 11 is 0. The number of hydrogen-bond acceptors (Lipinski definition) is 1. The molecule has 2 aromatic rings. The molecule has 0 saturated heterocycles. The zero-order chi connectivity index (χ0) is 21.2. The Kier molecular flexibility index (Phi) is 5.92. The van der Waals surface area contributed by atoms with E-state index in [0.29, 0.717) is 30.0 Å². The number of hydrogen-bond donors (Lipinski definition) is 0. The molecule has 0 spiro atoms. The van der Waals surface area contributed by atoms with Gasteiger partial charge in [0.25, 0.3) is 0 Å². The summed E-state index contributed by atoms with van der Waals surface area (Å²) in [4.78, 5) is 0. The van der Waals surface area contributed by atoms with Gasteiger partial charge in [0.15, 0.2) is 11.6 Å². The van der Waals surface area contributed by atoms with E-state index in [0.717, 1.165) is 18.4 Å². The first-order valence-electron chi connectivity index (χ1n) is 8.88. The summed E-state index contributed by atoms with van der Waals surface area (Å²) in [5.74, 6) is 0.114. The summed E-state index contributed by atoms with van der Waals surface area (Å²) in [6.45, 7) is 1.93. The van der Waals surface area contributed by atoms with Crippen molar-refractivity contribution in [3.05, 3.63) is 76.1 Å². The van der Waals surface area contributed by atoms with E-state index in [1.165, 1.54) is 6.07 Å². The van der Waals surface area contributed by atoms with Crippen LogP contribution in [0.5, 0.6) is 5.75 Å². The fourth-order valence-corrected chi connectivity index (χ4v) is 3.35. The molecule has 0 bridgehead atoms. The summed E-state index contributed by atoms with van der Waals surface area (Å²) in [5, 5.41) is 0. The summed E-state index contributed by atoms with van der Waals surface area (Å²) in [6, 6.07) is 4.48. The predicted octanol–water partition coefficient (Wildman–Crippen LogP) is 6.08. The molecule has 29 heavy (non-hydrogen) atoms. The van der Waals surface area contributed by atoms with E-state index in [4.69, 9.17) is 0 Å². The number of ether oxygens (including phenoxy) is 1. The Bertz CT molecular complexity index is 987. The highest BCUT2D eigenvalue weighted by molar-refractivity contribution is 5.49. The quantitative estimate of drug-likeness (QED) is 0.331. The van der Waals surface area contributed by atoms with E-state index < -0.39 is 29.6 Å². The zero-order valence-electron chi connectivity index (χ0n) is 15.3. The molecule has 1 nitrogen and oxygen atoms in total. The molecule has 7 heteroatoms. The second kappa shape index (κ2) is 8.24. The van der Waals surface area contributed by atoms with E-state index >= 15 is 0 Å². The van der Waals surface area contributed by atoms with Crippen LogP contribution < -0.4 is 4.74 Å². The van der Waals surface area contributed by atoms with Gasteiger partial charge in [0.05, 0.1) is 5.56 Å². The maximum atomic E-state index is 14.8. The fraction of sp³-hybridized carbons (Fsp3) is 0.273. The first kappa shape index (κ1) is 20.8. The van der Waals surface area contributed by atoms with Gasteiger partial charge in [0, 0.05) is 5.56 Å². The number of halogens is 6. The predicted molar refractivity (Wildman–Crippen MR) is 95.8 cm³/mol. The summed E-state index contributed by atoms with van der Waals surface area (Å²) < 4.78 is 82.2. The Labute approximate surface area is 164 Å². The monoisotopic (exact) mass is 410 g/mol. The van der Waals surface area contributed by atoms with E-state index in [2.05, 4.69) is 22.7 Å². The van der Waals surface area contributed by atoms with Gasteiger partial charge in [-0.05, 0) is 61.4 Å². The van der Waals surface area contributed by atoms with Crippen molar-refractivity contribution in [2.75, 3.05) is 0 Å². The molecule has 0 saturated carbocycles. The molecule has 0 heterocycles. The van der Waals surface area contributed by atoms with Crippen LogP contribution in [0.1, 0.15) is 35.6 Å². The van der Waals surface area contributed by atoms with Gasteiger partial charge in [-0.3, -0.25) is 0 Å². The van der Waals surface area contributed by atoms with Gasteiger partial charge in [-0.25, -0.2) is 13.2 Å². The van der Waals surface area contributed by atoms with Crippen molar-refractivity contribution in [1.29, 1.82) is 0 Å². The largest absolute Gasteiger partial charge is 0.573 e. The van der Waals surface area contributed by atoms with Gasteiger partial charge >= 0.3 is 6.36 Å². The summed E-state index contributed by atoms with van der Waals surface area (Å²) in [5.41, 5.74) is 1.29. The fourth-order valence-electron chi connectivity index (χ4n) is 3.35. The molecule has 3 rings (SSSR count). The highest BCUT2D eigenvalue weighted by Gasteiger charge is 2.34. The average Bonchev–Trinajstić information content (AvgIpc) is 2.64. The highest BCUT2D eigenvalue weighted by Crippen LogP contribution is 2.31. The molecule has 0 aromatic heterocycles. The Morgan fingerprint density at radius 1 is 1.07 bits per heavy atom. The van der Waals surface area contributed by atoms with Crippen LogP contribution >= 0.6 is 0 Å². The van der Waals surface area contributed by atoms with Crippen LogP contribution in [0.3, 0.4) is 0 Å². The molecular formula is C22H16F6O. The molecular weight excluding hydrogens is 394 g/mol. The lowest BCUT2D eigenvalue weighted by atomic mass is 9.82. The molecule has 1 atom stereocenters. The molecule has 152 valence electrons. The third-order valence-corrected chi connectivity index (χ3v) is 4.61. The molecule has 0 N–H and O–H groups in total. The van der Waals surface area contributed by atoms with Gasteiger partial charge in [-0.1, -0.05) is 30.1 Å². The van der Waals surface area contributed by atoms with Crippen LogP contribution in [-0.4, -0.2) is 6.36 Å². The minimum Gasteiger partial charge on any atom is -0.399 e. The molecule has 0 amide bonds. The maximum Gasteiger partial charge on any atom is 0.573 e. The van der Waals surface area contributed by atoms with E-state index in [-0.39, 0.29) is 11.1 Å². The van der Waals surface area contributed by atoms with Crippen molar-refractivity contribution in [1.82, 2.24) is 0 Å². The van der Waals surface area contributed by atoms with E-state index in [9.17, 15) is 26.3 Å². The first-order valence-corrected chi connectivity index (χ1v) is 8.88. The van der Waals surface area contributed by atoms with Crippen LogP contribution in [0, 0.1) is 35.2 Å². The Balaban J connectivity index is 1.87. The van der Waals surface area contributed by atoms with Crippen molar-refractivity contribution < 1.29 is 31.1 Å². The summed E-state index contributed by atoms with van der Waals surface area (Å²) in [6.07, 6.45) is 0.911. The van der Waals surface area contributed by atoms with Crippen LogP contribution in [-0.2, 0) is 12.8 Å². The maximum absolute atomic E-state index is 14.8. The average molecular weight is 410 g/mol. The Hall–Kier alpha value is -2.88. The lowest BCUT2D eigenvalue weighted by molar-refractivity contribution is -0.276. The van der Waals surface area contributed by atoms with Gasteiger partial charge in [0.2, 0.25) is 5.75 Å². The third kappa shape index (κ3) is 4.94. The highest BCUT2D eigenvalue weighted by atomic mass is 19.4. The standard InChI is InChI=1S/C22H16F6O/c1-2-3-13-5-9-17-16(10-13)8-7-15(20(17)25)6-4-14-11-18(23)21(19(24)12-14)29-22(26,27)28/h2-3,7-8,11-13H,5,9-10H2,1H3. The van der Waals surface area contributed by atoms with Crippen molar-refractivity contribution in [3.63, 3.8) is 0 Å². The molecule has 2 aromatic carbocycles. The SMILES string of the molecule is CC=CC1CCc2c(ccc(C#Cc3cc(F)c(OC(F)(F)F)c(F)c3)c2F)C1. The van der Waals surface area contributed by atoms with Crippen LogP contribution in [0.15, 0.2) is 36.4 Å². The summed E-state index contributed by atoms with van der Waals surface area (Å²) in [7, 11) is 0. The van der Waals surface area contributed by atoms with E-state index in [1.807, 2.05) is 13.0 Å². The lowest BCUT2D eigenvalue weighted by Crippen LogP contribution is -2.19. The van der Waals surface area contributed by atoms with Crippen molar-refractivity contribution in [3.8, 4) is 17.6 Å². The molecule has 1 aliphatic rings. The number of alkyl halides is 3. The smallest absolute Gasteiger partial charge is 0.399 e. The van der Waals surface area contributed by atoms with Crippen LogP contribution in [0.4, 0.5) is 26.3 Å². The first-order chi connectivity index (χ1) is 13.7. The molecule has 1 aliphatic carbocycles. The normalized spacial score (nSPS) is 16.3. The van der Waals surface area contributed by atoms with E-state index in [1.54, 1.807) is 6.07 Å². The number of benzene rings is 2. The van der Waals surface area contributed by atoms with Gasteiger partial charge in [-0.15, -0.1) is 13.2 Å². The van der Waals surface area contributed by atoms with Crippen LogP contribution in [0.25, 0.3) is 0 Å². The van der Waals surface area contributed by atoms with Crippen molar-refractivity contribution in [2.24, 2.45) is 5.92 Å². The third-order valence-electron chi connectivity index (χ3n) is 4.61.